The highest BCUT2D eigenvalue weighted by Crippen LogP contribution is 2.23. The van der Waals surface area contributed by atoms with E-state index >= 15 is 0 Å². The van der Waals surface area contributed by atoms with E-state index in [1.807, 2.05) is 0 Å². The molecule has 0 radical (unpaired) electrons. The highest BCUT2D eigenvalue weighted by Gasteiger charge is 2.38. The van der Waals surface area contributed by atoms with Crippen LogP contribution in [-0.4, -0.2) is 53.2 Å². The predicted molar refractivity (Wildman–Crippen MR) is 75.6 cm³/mol. The highest BCUT2D eigenvalue weighted by atomic mass is 16.2. The fraction of sp³-hybridized carbons (Fsp3) is 0.400. The van der Waals surface area contributed by atoms with Gasteiger partial charge in [-0.2, -0.15) is 0 Å². The van der Waals surface area contributed by atoms with E-state index in [0.29, 0.717) is 24.2 Å². The van der Waals surface area contributed by atoms with E-state index in [2.05, 4.69) is 0 Å². The highest BCUT2D eigenvalue weighted by molar-refractivity contribution is 6.22. The second kappa shape index (κ2) is 5.29. The molecule has 0 aliphatic carbocycles. The lowest BCUT2D eigenvalue weighted by Gasteiger charge is -2.25. The summed E-state index contributed by atoms with van der Waals surface area (Å²) < 4.78 is 0. The molecule has 1 saturated heterocycles. The summed E-state index contributed by atoms with van der Waals surface area (Å²) in [4.78, 5) is 39.5. The first-order valence-electron chi connectivity index (χ1n) is 7.08. The van der Waals surface area contributed by atoms with Gasteiger partial charge >= 0.3 is 0 Å². The number of carbonyl (C=O) groups excluding carboxylic acids is 3. The molecule has 0 saturated carbocycles. The lowest BCUT2D eigenvalue weighted by molar-refractivity contribution is -0.132. The van der Waals surface area contributed by atoms with Crippen LogP contribution in [0.15, 0.2) is 24.3 Å². The summed E-state index contributed by atoms with van der Waals surface area (Å²) in [6.07, 6.45) is 1.79. The third-order valence-corrected chi connectivity index (χ3v) is 4.14. The summed E-state index contributed by atoms with van der Waals surface area (Å²) in [7, 11) is 0. The zero-order chi connectivity index (χ0) is 15.0. The molecule has 0 aromatic heterocycles. The van der Waals surface area contributed by atoms with Crippen LogP contribution >= 0.6 is 0 Å². The molecule has 2 aliphatic rings. The standard InChI is InChI=1S/C15H17N3O3/c16-8-10-4-3-7-17(10)13(19)9-18-14(20)11-5-1-2-6-12(11)15(18)21/h1-2,5-6,10H,3-4,7-9,16H2. The smallest absolute Gasteiger partial charge is 0.262 e. The number of imide groups is 1. The molecule has 2 N–H and O–H groups in total. The SMILES string of the molecule is NCC1CCCN1C(=O)CN1C(=O)c2ccccc2C1=O. The van der Waals surface area contributed by atoms with Crippen molar-refractivity contribution in [2.24, 2.45) is 5.73 Å². The zero-order valence-electron chi connectivity index (χ0n) is 11.6. The number of rotatable bonds is 3. The Hall–Kier alpha value is -2.21. The summed E-state index contributed by atoms with van der Waals surface area (Å²) in [6, 6.07) is 6.66. The van der Waals surface area contributed by atoms with Gasteiger partial charge < -0.3 is 10.6 Å². The van der Waals surface area contributed by atoms with Crippen molar-refractivity contribution in [3.05, 3.63) is 35.4 Å². The van der Waals surface area contributed by atoms with Crippen LogP contribution in [0.1, 0.15) is 33.6 Å². The molecular weight excluding hydrogens is 270 g/mol. The van der Waals surface area contributed by atoms with Gasteiger partial charge in [-0.15, -0.1) is 0 Å². The van der Waals surface area contributed by atoms with E-state index in [4.69, 9.17) is 5.73 Å². The maximum atomic E-state index is 12.3. The van der Waals surface area contributed by atoms with Crippen molar-refractivity contribution in [1.82, 2.24) is 9.80 Å². The Kier molecular flexibility index (Phi) is 3.47. The van der Waals surface area contributed by atoms with Crippen molar-refractivity contribution in [3.8, 4) is 0 Å². The minimum Gasteiger partial charge on any atom is -0.337 e. The Labute approximate surface area is 122 Å². The van der Waals surface area contributed by atoms with Crippen molar-refractivity contribution in [3.63, 3.8) is 0 Å². The maximum Gasteiger partial charge on any atom is 0.262 e. The number of hydrogen-bond acceptors (Lipinski definition) is 4. The minimum atomic E-state index is -0.396. The number of hydrogen-bond donors (Lipinski definition) is 1. The number of nitrogens with two attached hydrogens (primary N) is 1. The molecular formula is C15H17N3O3. The van der Waals surface area contributed by atoms with E-state index in [1.165, 1.54) is 0 Å². The van der Waals surface area contributed by atoms with Gasteiger partial charge in [-0.05, 0) is 25.0 Å². The Bertz CT molecular complexity index is 579. The summed E-state index contributed by atoms with van der Waals surface area (Å²) in [5, 5.41) is 0. The first-order chi connectivity index (χ1) is 10.1. The second-order valence-corrected chi connectivity index (χ2v) is 5.36. The summed E-state index contributed by atoms with van der Waals surface area (Å²) >= 11 is 0. The van der Waals surface area contributed by atoms with E-state index < -0.39 is 11.8 Å². The van der Waals surface area contributed by atoms with Gasteiger partial charge in [-0.3, -0.25) is 19.3 Å². The molecule has 1 atom stereocenters. The Morgan fingerprint density at radius 3 is 2.38 bits per heavy atom. The fourth-order valence-electron chi connectivity index (χ4n) is 3.02. The van der Waals surface area contributed by atoms with E-state index in [1.54, 1.807) is 29.2 Å². The molecule has 1 aromatic carbocycles. The van der Waals surface area contributed by atoms with Crippen molar-refractivity contribution < 1.29 is 14.4 Å². The van der Waals surface area contributed by atoms with E-state index in [-0.39, 0.29) is 18.5 Å². The van der Waals surface area contributed by atoms with Crippen LogP contribution in [0.25, 0.3) is 0 Å². The third-order valence-electron chi connectivity index (χ3n) is 4.14. The number of amides is 3. The molecule has 6 nitrogen and oxygen atoms in total. The number of benzene rings is 1. The van der Waals surface area contributed by atoms with Crippen LogP contribution < -0.4 is 5.73 Å². The van der Waals surface area contributed by atoms with Crippen LogP contribution in [0.2, 0.25) is 0 Å². The van der Waals surface area contributed by atoms with Crippen LogP contribution in [0, 0.1) is 0 Å². The van der Waals surface area contributed by atoms with Gasteiger partial charge in [-0.25, -0.2) is 0 Å². The van der Waals surface area contributed by atoms with Gasteiger partial charge in [0.15, 0.2) is 0 Å². The van der Waals surface area contributed by atoms with Gasteiger partial charge in [0.25, 0.3) is 11.8 Å². The van der Waals surface area contributed by atoms with E-state index in [0.717, 1.165) is 17.7 Å². The second-order valence-electron chi connectivity index (χ2n) is 5.36. The number of nitrogens with zero attached hydrogens (tertiary/aromatic N) is 2. The van der Waals surface area contributed by atoms with Gasteiger partial charge in [-0.1, -0.05) is 12.1 Å². The number of fused-ring (bicyclic) bond motifs is 1. The fourth-order valence-corrected chi connectivity index (χ4v) is 3.02. The van der Waals surface area contributed by atoms with Crippen LogP contribution in [0.3, 0.4) is 0 Å². The molecule has 3 rings (SSSR count). The Balaban J connectivity index is 1.76. The van der Waals surface area contributed by atoms with Gasteiger partial charge in [0.1, 0.15) is 6.54 Å². The van der Waals surface area contributed by atoms with Gasteiger partial charge in [0.2, 0.25) is 5.91 Å². The Morgan fingerprint density at radius 2 is 1.81 bits per heavy atom. The van der Waals surface area contributed by atoms with E-state index in [9.17, 15) is 14.4 Å². The monoisotopic (exact) mass is 287 g/mol. The van der Waals surface area contributed by atoms with Gasteiger partial charge in [0.05, 0.1) is 11.1 Å². The molecule has 1 fully saturated rings. The average molecular weight is 287 g/mol. The average Bonchev–Trinajstić information content (AvgIpc) is 3.07. The summed E-state index contributed by atoms with van der Waals surface area (Å²) in [6.45, 7) is 0.848. The molecule has 2 heterocycles. The topological polar surface area (TPSA) is 83.7 Å². The first kappa shape index (κ1) is 13.8. The molecule has 1 aromatic rings. The van der Waals surface area contributed by atoms with Crippen molar-refractivity contribution in [2.75, 3.05) is 19.6 Å². The van der Waals surface area contributed by atoms with Crippen molar-refractivity contribution in [2.45, 2.75) is 18.9 Å². The molecule has 6 heteroatoms. The minimum absolute atomic E-state index is 0.0210. The molecule has 0 bridgehead atoms. The molecule has 1 unspecified atom stereocenters. The normalized spacial score (nSPS) is 21.1. The number of carbonyl (C=O) groups is 3. The number of likely N-dealkylation sites (tertiary alicyclic amines) is 1. The third kappa shape index (κ3) is 2.21. The quantitative estimate of drug-likeness (QED) is 0.807. The molecule has 2 aliphatic heterocycles. The predicted octanol–water partition coefficient (Wildman–Crippen LogP) is 0.232. The molecule has 3 amide bonds. The molecule has 21 heavy (non-hydrogen) atoms. The first-order valence-corrected chi connectivity index (χ1v) is 7.08. The van der Waals surface area contributed by atoms with Gasteiger partial charge in [0, 0.05) is 19.1 Å². The van der Waals surface area contributed by atoms with Crippen LogP contribution in [-0.2, 0) is 4.79 Å². The lowest BCUT2D eigenvalue weighted by atomic mass is 10.1. The summed E-state index contributed by atoms with van der Waals surface area (Å²) in [5.41, 5.74) is 6.39. The van der Waals surface area contributed by atoms with Crippen molar-refractivity contribution >= 4 is 17.7 Å². The summed E-state index contributed by atoms with van der Waals surface area (Å²) in [5.74, 6) is -1.00. The zero-order valence-corrected chi connectivity index (χ0v) is 11.6. The largest absolute Gasteiger partial charge is 0.337 e. The maximum absolute atomic E-state index is 12.3. The Morgan fingerprint density at radius 1 is 1.19 bits per heavy atom. The van der Waals surface area contributed by atoms with Crippen LogP contribution in [0.5, 0.6) is 0 Å². The lowest BCUT2D eigenvalue weighted by Crippen LogP contribution is -2.46. The van der Waals surface area contributed by atoms with Crippen LogP contribution in [0.4, 0.5) is 0 Å². The molecule has 110 valence electrons. The van der Waals surface area contributed by atoms with Crippen molar-refractivity contribution in [1.29, 1.82) is 0 Å². The molecule has 0 spiro atoms.